The highest BCUT2D eigenvalue weighted by molar-refractivity contribution is 7.89. The fourth-order valence-electron chi connectivity index (χ4n) is 1.94. The maximum absolute atomic E-state index is 12.4. The predicted molar refractivity (Wildman–Crippen MR) is 80.2 cm³/mol. The number of ether oxygens (including phenoxy) is 1. The molecular formula is C14H24N2O3S. The van der Waals surface area contributed by atoms with Crippen LogP contribution in [0.1, 0.15) is 32.8 Å². The van der Waals surface area contributed by atoms with Gasteiger partial charge in [0, 0.05) is 25.2 Å². The number of sulfonamides is 1. The molecule has 0 atom stereocenters. The van der Waals surface area contributed by atoms with E-state index in [4.69, 9.17) is 10.5 Å². The quantitative estimate of drug-likeness (QED) is 0.796. The van der Waals surface area contributed by atoms with Crippen LogP contribution in [0.25, 0.3) is 0 Å². The second-order valence-corrected chi connectivity index (χ2v) is 6.35. The van der Waals surface area contributed by atoms with E-state index in [2.05, 4.69) is 0 Å². The van der Waals surface area contributed by atoms with Crippen LogP contribution in [0.15, 0.2) is 23.1 Å². The number of hydrogen-bond donors (Lipinski definition) is 1. The van der Waals surface area contributed by atoms with Gasteiger partial charge in [-0.2, -0.15) is 4.31 Å². The Morgan fingerprint density at radius 3 is 2.35 bits per heavy atom. The van der Waals surface area contributed by atoms with Crippen LogP contribution in [0.3, 0.4) is 0 Å². The van der Waals surface area contributed by atoms with Crippen molar-refractivity contribution in [1.29, 1.82) is 0 Å². The molecule has 0 saturated heterocycles. The van der Waals surface area contributed by atoms with Crippen molar-refractivity contribution in [2.45, 2.75) is 38.6 Å². The number of nitrogens with two attached hydrogens (primary N) is 1. The topological polar surface area (TPSA) is 72.6 Å². The summed E-state index contributed by atoms with van der Waals surface area (Å²) in [5, 5.41) is 0. The lowest BCUT2D eigenvalue weighted by atomic mass is 10.2. The summed E-state index contributed by atoms with van der Waals surface area (Å²) < 4.78 is 31.9. The van der Waals surface area contributed by atoms with E-state index in [9.17, 15) is 8.42 Å². The fraction of sp³-hybridized carbons (Fsp3) is 0.571. The molecule has 114 valence electrons. The third kappa shape index (κ3) is 3.71. The van der Waals surface area contributed by atoms with Gasteiger partial charge in [0.25, 0.3) is 0 Å². The number of benzene rings is 1. The van der Waals surface area contributed by atoms with Crippen LogP contribution in [-0.2, 0) is 16.6 Å². The summed E-state index contributed by atoms with van der Waals surface area (Å²) in [5.41, 5.74) is 6.40. The van der Waals surface area contributed by atoms with Gasteiger partial charge in [-0.25, -0.2) is 8.42 Å². The van der Waals surface area contributed by atoms with Crippen LogP contribution in [-0.4, -0.2) is 32.4 Å². The van der Waals surface area contributed by atoms with Crippen molar-refractivity contribution in [3.63, 3.8) is 0 Å². The summed E-state index contributed by atoms with van der Waals surface area (Å²) in [5.74, 6) is 0.660. The molecule has 0 bridgehead atoms. The van der Waals surface area contributed by atoms with E-state index in [-0.39, 0.29) is 11.4 Å². The van der Waals surface area contributed by atoms with Crippen LogP contribution >= 0.6 is 0 Å². The minimum Gasteiger partial charge on any atom is -0.493 e. The monoisotopic (exact) mass is 300 g/mol. The van der Waals surface area contributed by atoms with Gasteiger partial charge in [0.2, 0.25) is 10.0 Å². The van der Waals surface area contributed by atoms with Crippen molar-refractivity contribution in [1.82, 2.24) is 4.31 Å². The highest BCUT2D eigenvalue weighted by atomic mass is 32.2. The Balaban J connectivity index is 3.15. The summed E-state index contributed by atoms with van der Waals surface area (Å²) in [6, 6.07) is 4.88. The van der Waals surface area contributed by atoms with Crippen molar-refractivity contribution in [3.05, 3.63) is 23.8 Å². The SMILES string of the molecule is CCCOc1ccc(S(=O)(=O)N(CC)CC)cc1CN. The molecule has 0 aliphatic carbocycles. The molecule has 0 unspecified atom stereocenters. The summed E-state index contributed by atoms with van der Waals surface area (Å²) in [7, 11) is -3.45. The van der Waals surface area contributed by atoms with Crippen LogP contribution in [0.4, 0.5) is 0 Å². The summed E-state index contributed by atoms with van der Waals surface area (Å²) in [6.45, 7) is 7.40. The summed E-state index contributed by atoms with van der Waals surface area (Å²) in [6.07, 6.45) is 0.892. The average molecular weight is 300 g/mol. The molecule has 5 nitrogen and oxygen atoms in total. The Morgan fingerprint density at radius 1 is 1.20 bits per heavy atom. The Labute approximate surface area is 121 Å². The molecule has 0 aromatic heterocycles. The number of hydrogen-bond acceptors (Lipinski definition) is 4. The van der Waals surface area contributed by atoms with Gasteiger partial charge < -0.3 is 10.5 Å². The molecule has 0 spiro atoms. The van der Waals surface area contributed by atoms with Gasteiger partial charge in [-0.05, 0) is 24.6 Å². The van der Waals surface area contributed by atoms with E-state index < -0.39 is 10.0 Å². The predicted octanol–water partition coefficient (Wildman–Crippen LogP) is 1.96. The average Bonchev–Trinajstić information content (AvgIpc) is 2.45. The minimum absolute atomic E-state index is 0.251. The molecule has 0 fully saturated rings. The van der Waals surface area contributed by atoms with E-state index in [0.717, 1.165) is 6.42 Å². The van der Waals surface area contributed by atoms with E-state index in [1.54, 1.807) is 18.2 Å². The molecule has 0 amide bonds. The Kier molecular flexibility index (Phi) is 6.45. The van der Waals surface area contributed by atoms with Gasteiger partial charge >= 0.3 is 0 Å². The van der Waals surface area contributed by atoms with Crippen molar-refractivity contribution >= 4 is 10.0 Å². The molecule has 1 aromatic rings. The van der Waals surface area contributed by atoms with E-state index >= 15 is 0 Å². The van der Waals surface area contributed by atoms with Gasteiger partial charge in [-0.15, -0.1) is 0 Å². The number of nitrogens with zero attached hydrogens (tertiary/aromatic N) is 1. The Hall–Kier alpha value is -1.11. The standard InChI is InChI=1S/C14H24N2O3S/c1-4-9-19-14-8-7-13(10-12(14)11-15)20(17,18)16(5-2)6-3/h7-8,10H,4-6,9,11,15H2,1-3H3. The molecular weight excluding hydrogens is 276 g/mol. The van der Waals surface area contributed by atoms with E-state index in [1.165, 1.54) is 4.31 Å². The Morgan fingerprint density at radius 2 is 1.85 bits per heavy atom. The maximum atomic E-state index is 12.4. The molecule has 2 N–H and O–H groups in total. The summed E-state index contributed by atoms with van der Waals surface area (Å²) >= 11 is 0. The highest BCUT2D eigenvalue weighted by Gasteiger charge is 2.22. The molecule has 1 rings (SSSR count). The molecule has 1 aromatic carbocycles. The van der Waals surface area contributed by atoms with Crippen molar-refractivity contribution in [2.75, 3.05) is 19.7 Å². The molecule has 0 aliphatic rings. The minimum atomic E-state index is -3.45. The van der Waals surface area contributed by atoms with Crippen LogP contribution in [0.2, 0.25) is 0 Å². The van der Waals surface area contributed by atoms with Gasteiger partial charge in [0.15, 0.2) is 0 Å². The smallest absolute Gasteiger partial charge is 0.243 e. The lowest BCUT2D eigenvalue weighted by Gasteiger charge is -2.19. The third-order valence-electron chi connectivity index (χ3n) is 3.06. The fourth-order valence-corrected chi connectivity index (χ4v) is 3.45. The van der Waals surface area contributed by atoms with Crippen LogP contribution in [0, 0.1) is 0 Å². The first-order valence-electron chi connectivity index (χ1n) is 6.97. The van der Waals surface area contributed by atoms with Gasteiger partial charge in [-0.1, -0.05) is 20.8 Å². The second-order valence-electron chi connectivity index (χ2n) is 4.41. The molecule has 6 heteroatoms. The first kappa shape index (κ1) is 16.9. The lowest BCUT2D eigenvalue weighted by molar-refractivity contribution is 0.314. The maximum Gasteiger partial charge on any atom is 0.243 e. The van der Waals surface area contributed by atoms with Gasteiger partial charge in [-0.3, -0.25) is 0 Å². The molecule has 0 heterocycles. The van der Waals surface area contributed by atoms with Crippen molar-refractivity contribution in [3.8, 4) is 5.75 Å². The lowest BCUT2D eigenvalue weighted by Crippen LogP contribution is -2.30. The first-order valence-corrected chi connectivity index (χ1v) is 8.41. The Bertz CT molecular complexity index is 525. The molecule has 0 saturated carbocycles. The largest absolute Gasteiger partial charge is 0.493 e. The van der Waals surface area contributed by atoms with Crippen molar-refractivity contribution in [2.24, 2.45) is 5.73 Å². The molecule has 0 aliphatic heterocycles. The van der Waals surface area contributed by atoms with Crippen LogP contribution in [0.5, 0.6) is 5.75 Å². The van der Waals surface area contributed by atoms with E-state index in [1.807, 2.05) is 20.8 Å². The summed E-state index contributed by atoms with van der Waals surface area (Å²) in [4.78, 5) is 0.269. The number of rotatable bonds is 8. The first-order chi connectivity index (χ1) is 9.51. The normalized spacial score (nSPS) is 11.8. The second kappa shape index (κ2) is 7.61. The zero-order chi connectivity index (χ0) is 15.2. The van der Waals surface area contributed by atoms with Crippen molar-refractivity contribution < 1.29 is 13.2 Å². The van der Waals surface area contributed by atoms with Crippen LogP contribution < -0.4 is 10.5 Å². The molecule has 20 heavy (non-hydrogen) atoms. The van der Waals surface area contributed by atoms with Gasteiger partial charge in [0.1, 0.15) is 5.75 Å². The van der Waals surface area contributed by atoms with Gasteiger partial charge in [0.05, 0.1) is 11.5 Å². The molecule has 0 radical (unpaired) electrons. The third-order valence-corrected chi connectivity index (χ3v) is 5.10. The van der Waals surface area contributed by atoms with E-state index in [0.29, 0.717) is 31.0 Å². The highest BCUT2D eigenvalue weighted by Crippen LogP contribution is 2.24. The zero-order valence-corrected chi connectivity index (χ0v) is 13.2. The zero-order valence-electron chi connectivity index (χ0n) is 12.4.